The van der Waals surface area contributed by atoms with Crippen LogP contribution in [0.3, 0.4) is 0 Å². The first-order chi connectivity index (χ1) is 13.4. The quantitative estimate of drug-likeness (QED) is 0.330. The number of halogens is 1. The lowest BCUT2D eigenvalue weighted by molar-refractivity contribution is -0.253. The van der Waals surface area contributed by atoms with Gasteiger partial charge in [-0.1, -0.05) is 0 Å². The number of nitrogens with zero attached hydrogens (tertiary/aromatic N) is 1. The Balaban J connectivity index is 2.76. The predicted octanol–water partition coefficient (Wildman–Crippen LogP) is 0.454. The molecule has 3 N–H and O–H groups in total. The van der Waals surface area contributed by atoms with Crippen molar-refractivity contribution < 1.29 is 32.9 Å². The normalized spacial score (nSPS) is 17.9. The van der Waals surface area contributed by atoms with Crippen molar-refractivity contribution in [1.82, 2.24) is 14.6 Å². The molecule has 29 heavy (non-hydrogen) atoms. The number of carbonyl (C=O) groups excluding carboxylic acids is 1. The highest BCUT2D eigenvalue weighted by Crippen LogP contribution is 2.29. The average Bonchev–Trinajstić information content (AvgIpc) is 2.59. The molecule has 0 radical (unpaired) electrons. The number of aliphatic hydroxyl groups is 1. The van der Waals surface area contributed by atoms with Crippen molar-refractivity contribution in [2.75, 3.05) is 6.61 Å². The van der Waals surface area contributed by atoms with E-state index in [1.807, 2.05) is 4.98 Å². The van der Waals surface area contributed by atoms with E-state index in [1.54, 1.807) is 13.8 Å². The van der Waals surface area contributed by atoms with Crippen molar-refractivity contribution in [1.29, 1.82) is 0 Å². The lowest BCUT2D eigenvalue weighted by Gasteiger charge is -2.31. The summed E-state index contributed by atoms with van der Waals surface area (Å²) in [6.07, 6.45) is -2.23. The van der Waals surface area contributed by atoms with E-state index in [0.717, 1.165) is 23.8 Å². The number of nitrogens with one attached hydrogen (secondary N) is 2. The summed E-state index contributed by atoms with van der Waals surface area (Å²) in [5, 5.41) is 12.1. The van der Waals surface area contributed by atoms with E-state index in [1.165, 1.54) is 13.8 Å². The maximum Gasteiger partial charge on any atom is 0.330 e. The highest BCUT2D eigenvalue weighted by Gasteiger charge is 2.40. The molecule has 166 valence electrons. The highest BCUT2D eigenvalue weighted by atomic mass is 31.1. The zero-order valence-corrected chi connectivity index (χ0v) is 17.8. The second-order valence-electron chi connectivity index (χ2n) is 6.62. The average molecular weight is 439 g/mol. The maximum atomic E-state index is 15.1. The topological polar surface area (TPSA) is 149 Å². The summed E-state index contributed by atoms with van der Waals surface area (Å²) in [6, 6.07) is 0.0734. The summed E-state index contributed by atoms with van der Waals surface area (Å²) in [5.74, 6) is -3.50. The van der Waals surface area contributed by atoms with Crippen LogP contribution in [0.5, 0.6) is 0 Å². The molecule has 1 aromatic rings. The second kappa shape index (κ2) is 10.8. The van der Waals surface area contributed by atoms with Gasteiger partial charge in [-0.25, -0.2) is 14.3 Å². The van der Waals surface area contributed by atoms with Crippen LogP contribution in [-0.4, -0.2) is 51.3 Å². The summed E-state index contributed by atoms with van der Waals surface area (Å²) >= 11 is 0. The van der Waals surface area contributed by atoms with E-state index in [0.29, 0.717) is 0 Å². The summed E-state index contributed by atoms with van der Waals surface area (Å²) < 4.78 is 42.9. The van der Waals surface area contributed by atoms with Crippen LogP contribution in [0.25, 0.3) is 0 Å². The van der Waals surface area contributed by atoms with Gasteiger partial charge in [0.2, 0.25) is 0 Å². The van der Waals surface area contributed by atoms with Crippen LogP contribution in [0.4, 0.5) is 4.39 Å². The van der Waals surface area contributed by atoms with E-state index < -0.39 is 56.2 Å². The summed E-state index contributed by atoms with van der Waals surface area (Å²) in [6.45, 7) is 6.13. The van der Waals surface area contributed by atoms with Gasteiger partial charge < -0.3 is 19.1 Å². The van der Waals surface area contributed by atoms with Gasteiger partial charge in [-0.3, -0.25) is 23.7 Å². The Morgan fingerprint density at radius 2 is 1.97 bits per heavy atom. The summed E-state index contributed by atoms with van der Waals surface area (Å²) in [5.41, 5.74) is -1.48. The zero-order chi connectivity index (χ0) is 22.4. The standard InChI is InChI=1S/C16H27FN3O8P/c1-9(2)27-14(23)10(3)19-29(25)26-8-16(17,11(4)21)28-12(5)20-7-6-13(22)18-15(20)24/h6-7,9-12,21,29H,8H2,1-5H3,(H,19,25)(H,18,22,24)/t10-,11-,12+,16+/m0/s1. The Morgan fingerprint density at radius 3 is 2.48 bits per heavy atom. The maximum absolute atomic E-state index is 15.1. The molecule has 0 fully saturated rings. The number of hydrogen-bond acceptors (Lipinski definition) is 8. The monoisotopic (exact) mass is 439 g/mol. The number of esters is 1. The molecule has 1 aromatic heterocycles. The first kappa shape index (κ1) is 25.2. The molecule has 13 heteroatoms. The Morgan fingerprint density at radius 1 is 1.34 bits per heavy atom. The molecule has 0 aliphatic rings. The molecule has 0 bridgehead atoms. The fraction of sp³-hybridized carbons (Fsp3) is 0.688. The first-order valence-corrected chi connectivity index (χ1v) is 10.2. The minimum Gasteiger partial charge on any atom is -0.462 e. The predicted molar refractivity (Wildman–Crippen MR) is 101 cm³/mol. The number of hydrogen-bond donors (Lipinski definition) is 3. The number of H-pyrrole nitrogens is 1. The van der Waals surface area contributed by atoms with Crippen molar-refractivity contribution in [3.05, 3.63) is 33.1 Å². The molecule has 1 unspecified atom stereocenters. The van der Waals surface area contributed by atoms with Crippen LogP contribution in [0.1, 0.15) is 40.8 Å². The first-order valence-electron chi connectivity index (χ1n) is 8.85. The molecule has 5 atom stereocenters. The molecular weight excluding hydrogens is 412 g/mol. The number of alkyl halides is 1. The minimum atomic E-state index is -3.10. The molecule has 0 aliphatic carbocycles. The third kappa shape index (κ3) is 7.82. The largest absolute Gasteiger partial charge is 0.462 e. The number of aromatic amines is 1. The summed E-state index contributed by atoms with van der Waals surface area (Å²) in [7, 11) is -3.10. The van der Waals surface area contributed by atoms with Gasteiger partial charge in [0.05, 0.1) is 6.10 Å². The van der Waals surface area contributed by atoms with Crippen LogP contribution >= 0.6 is 8.18 Å². The zero-order valence-electron chi connectivity index (χ0n) is 16.8. The number of aliphatic hydroxyl groups excluding tert-OH is 1. The fourth-order valence-electron chi connectivity index (χ4n) is 2.08. The van der Waals surface area contributed by atoms with E-state index in [2.05, 4.69) is 5.09 Å². The second-order valence-corrected chi connectivity index (χ2v) is 7.78. The number of rotatable bonds is 11. The number of ether oxygens (including phenoxy) is 2. The molecule has 0 amide bonds. The lowest BCUT2D eigenvalue weighted by Crippen LogP contribution is -2.46. The molecular formula is C16H27FN3O8P. The van der Waals surface area contributed by atoms with E-state index in [-0.39, 0.29) is 6.10 Å². The molecule has 0 aromatic carbocycles. The summed E-state index contributed by atoms with van der Waals surface area (Å²) in [4.78, 5) is 36.6. The van der Waals surface area contributed by atoms with Gasteiger partial charge in [0, 0.05) is 12.3 Å². The molecule has 0 aliphatic heterocycles. The van der Waals surface area contributed by atoms with Gasteiger partial charge in [-0.05, 0) is 34.6 Å². The van der Waals surface area contributed by atoms with Crippen molar-refractivity contribution in [3.8, 4) is 0 Å². The van der Waals surface area contributed by atoms with Crippen molar-refractivity contribution in [2.24, 2.45) is 0 Å². The third-order valence-electron chi connectivity index (χ3n) is 3.67. The van der Waals surface area contributed by atoms with Crippen LogP contribution in [0, 0.1) is 0 Å². The van der Waals surface area contributed by atoms with Gasteiger partial charge in [0.25, 0.3) is 19.6 Å². The Kier molecular flexibility index (Phi) is 9.37. The van der Waals surface area contributed by atoms with E-state index >= 15 is 4.39 Å². The van der Waals surface area contributed by atoms with E-state index in [9.17, 15) is 24.1 Å². The minimum absolute atomic E-state index is 0.366. The molecule has 0 saturated heterocycles. The fourth-order valence-corrected chi connectivity index (χ4v) is 2.97. The van der Waals surface area contributed by atoms with Crippen LogP contribution in [-0.2, 0) is 23.4 Å². The Bertz CT molecular complexity index is 827. The van der Waals surface area contributed by atoms with Crippen molar-refractivity contribution in [3.63, 3.8) is 0 Å². The molecule has 0 spiro atoms. The smallest absolute Gasteiger partial charge is 0.330 e. The van der Waals surface area contributed by atoms with Gasteiger partial charge >= 0.3 is 11.7 Å². The molecule has 0 saturated carbocycles. The Hall–Kier alpha value is -1.85. The SMILES string of the molecule is CC(C)OC(=O)[C@H](C)N[PH](=O)OC[C@@](F)(O[C@H](C)n1ccc(=O)[nH]c1=O)[C@H](C)O. The van der Waals surface area contributed by atoms with E-state index in [4.69, 9.17) is 14.0 Å². The number of carbonyl (C=O) groups is 1. The lowest BCUT2D eigenvalue weighted by atomic mass is 10.2. The van der Waals surface area contributed by atoms with Gasteiger partial charge in [0.15, 0.2) is 0 Å². The third-order valence-corrected chi connectivity index (χ3v) is 4.75. The number of aromatic nitrogens is 2. The van der Waals surface area contributed by atoms with Gasteiger partial charge in [-0.15, -0.1) is 0 Å². The van der Waals surface area contributed by atoms with Crippen molar-refractivity contribution in [2.45, 2.75) is 65.0 Å². The van der Waals surface area contributed by atoms with Gasteiger partial charge in [0.1, 0.15) is 25.0 Å². The highest BCUT2D eigenvalue weighted by molar-refractivity contribution is 7.36. The molecule has 11 nitrogen and oxygen atoms in total. The molecule has 1 rings (SSSR count). The van der Waals surface area contributed by atoms with Crippen LogP contribution in [0.15, 0.2) is 21.9 Å². The van der Waals surface area contributed by atoms with Crippen LogP contribution < -0.4 is 16.3 Å². The van der Waals surface area contributed by atoms with Gasteiger partial charge in [-0.2, -0.15) is 0 Å². The van der Waals surface area contributed by atoms with Crippen LogP contribution in [0.2, 0.25) is 0 Å². The Labute approximate surface area is 167 Å². The molecule has 1 heterocycles. The van der Waals surface area contributed by atoms with Crippen molar-refractivity contribution >= 4 is 14.1 Å².